The van der Waals surface area contributed by atoms with Gasteiger partial charge in [-0.25, -0.2) is 0 Å². The maximum Gasteiger partial charge on any atom is 0.244 e. The van der Waals surface area contributed by atoms with E-state index in [1.54, 1.807) is 12.1 Å². The lowest BCUT2D eigenvalue weighted by Gasteiger charge is -2.26. The Morgan fingerprint density at radius 3 is 2.44 bits per heavy atom. The highest BCUT2D eigenvalue weighted by Gasteiger charge is 2.34. The van der Waals surface area contributed by atoms with Gasteiger partial charge in [0, 0.05) is 6.61 Å². The first-order valence-corrected chi connectivity index (χ1v) is 6.19. The summed E-state index contributed by atoms with van der Waals surface area (Å²) in [5.74, 6) is -0.0132. The molecule has 0 aliphatic heterocycles. The van der Waals surface area contributed by atoms with Gasteiger partial charge in [0.25, 0.3) is 0 Å². The number of rotatable bonds is 7. The zero-order valence-corrected chi connectivity index (χ0v) is 11.1. The van der Waals surface area contributed by atoms with E-state index in [9.17, 15) is 4.79 Å². The fraction of sp³-hybridized carbons (Fsp3) is 0.500. The van der Waals surface area contributed by atoms with Crippen molar-refractivity contribution in [3.8, 4) is 0 Å². The van der Waals surface area contributed by atoms with E-state index >= 15 is 0 Å². The number of carbonyl (C=O) groups is 1. The van der Waals surface area contributed by atoms with Crippen LogP contribution in [-0.4, -0.2) is 19.1 Å². The fourth-order valence-electron chi connectivity index (χ4n) is 1.58. The maximum absolute atomic E-state index is 11.6. The Bertz CT molecular complexity index is 379. The lowest BCUT2D eigenvalue weighted by Crippen LogP contribution is -2.52. The summed E-state index contributed by atoms with van der Waals surface area (Å²) in [6.45, 7) is 4.92. The third-order valence-electron chi connectivity index (χ3n) is 2.90. The molecule has 4 heteroatoms. The first-order valence-electron chi connectivity index (χ1n) is 6.19. The van der Waals surface area contributed by atoms with Crippen LogP contribution in [0.15, 0.2) is 30.3 Å². The van der Waals surface area contributed by atoms with Gasteiger partial charge >= 0.3 is 0 Å². The molecule has 0 saturated heterocycles. The van der Waals surface area contributed by atoms with E-state index < -0.39 is 11.4 Å². The minimum Gasteiger partial charge on any atom is -0.379 e. The van der Waals surface area contributed by atoms with E-state index in [1.165, 1.54) is 0 Å². The van der Waals surface area contributed by atoms with Crippen LogP contribution < -0.4 is 11.5 Å². The Morgan fingerprint density at radius 1 is 1.33 bits per heavy atom. The highest BCUT2D eigenvalue weighted by Crippen LogP contribution is 2.18. The molecule has 0 aliphatic carbocycles. The molecule has 0 spiro atoms. The van der Waals surface area contributed by atoms with E-state index in [1.807, 2.05) is 18.2 Å². The summed E-state index contributed by atoms with van der Waals surface area (Å²) < 4.78 is 5.50. The molecular formula is C14H22N2O2. The Labute approximate surface area is 108 Å². The molecule has 0 saturated carbocycles. The Balaban J connectivity index is 2.67. The summed E-state index contributed by atoms with van der Waals surface area (Å²) in [5.41, 5.74) is 10.9. The van der Waals surface area contributed by atoms with Crippen LogP contribution in [0.3, 0.4) is 0 Å². The molecule has 0 radical (unpaired) electrons. The molecule has 0 aromatic heterocycles. The highest BCUT2D eigenvalue weighted by molar-refractivity contribution is 5.86. The van der Waals surface area contributed by atoms with E-state index in [2.05, 4.69) is 13.8 Å². The minimum absolute atomic E-state index is 0.110. The first kappa shape index (κ1) is 14.7. The number of hydrogen-bond acceptors (Lipinski definition) is 3. The van der Waals surface area contributed by atoms with E-state index in [-0.39, 0.29) is 6.61 Å². The Morgan fingerprint density at radius 2 is 1.94 bits per heavy atom. The number of hydrogen-bond donors (Lipinski definition) is 2. The summed E-state index contributed by atoms with van der Waals surface area (Å²) in [7, 11) is 0. The lowest BCUT2D eigenvalue weighted by atomic mass is 9.91. The summed E-state index contributed by atoms with van der Waals surface area (Å²) >= 11 is 0. The second kappa shape index (κ2) is 6.52. The van der Waals surface area contributed by atoms with E-state index in [0.717, 1.165) is 6.42 Å². The summed E-state index contributed by atoms with van der Waals surface area (Å²) in [6.07, 6.45) is 0.934. The molecule has 0 heterocycles. The van der Waals surface area contributed by atoms with E-state index in [4.69, 9.17) is 16.2 Å². The molecule has 1 aromatic carbocycles. The third kappa shape index (κ3) is 3.82. The Hall–Kier alpha value is -1.39. The van der Waals surface area contributed by atoms with Crippen molar-refractivity contribution in [2.45, 2.75) is 25.8 Å². The Kier molecular flexibility index (Phi) is 5.31. The summed E-state index contributed by atoms with van der Waals surface area (Å²) in [4.78, 5) is 11.6. The van der Waals surface area contributed by atoms with Gasteiger partial charge in [-0.05, 0) is 17.9 Å². The van der Waals surface area contributed by atoms with Crippen LogP contribution >= 0.6 is 0 Å². The average Bonchev–Trinajstić information content (AvgIpc) is 2.35. The first-order chi connectivity index (χ1) is 8.47. The van der Waals surface area contributed by atoms with Gasteiger partial charge in [-0.2, -0.15) is 0 Å². The average molecular weight is 250 g/mol. The van der Waals surface area contributed by atoms with Crippen molar-refractivity contribution in [1.82, 2.24) is 0 Å². The molecule has 1 aromatic rings. The predicted molar refractivity (Wildman–Crippen MR) is 71.8 cm³/mol. The van der Waals surface area contributed by atoms with Crippen molar-refractivity contribution in [2.75, 3.05) is 13.2 Å². The number of nitrogens with two attached hydrogens (primary N) is 2. The normalized spacial score (nSPS) is 14.4. The smallest absolute Gasteiger partial charge is 0.244 e. The second-order valence-corrected chi connectivity index (χ2v) is 4.94. The lowest BCUT2D eigenvalue weighted by molar-refractivity contribution is -0.125. The van der Waals surface area contributed by atoms with Gasteiger partial charge in [-0.1, -0.05) is 44.2 Å². The van der Waals surface area contributed by atoms with Crippen molar-refractivity contribution in [1.29, 1.82) is 0 Å². The van der Waals surface area contributed by atoms with Crippen LogP contribution in [0.5, 0.6) is 0 Å². The van der Waals surface area contributed by atoms with Crippen molar-refractivity contribution in [2.24, 2.45) is 17.4 Å². The van der Waals surface area contributed by atoms with Crippen molar-refractivity contribution < 1.29 is 9.53 Å². The van der Waals surface area contributed by atoms with Crippen LogP contribution in [0.2, 0.25) is 0 Å². The van der Waals surface area contributed by atoms with Gasteiger partial charge < -0.3 is 16.2 Å². The fourth-order valence-corrected chi connectivity index (χ4v) is 1.58. The van der Waals surface area contributed by atoms with E-state index in [0.29, 0.717) is 18.1 Å². The summed E-state index contributed by atoms with van der Waals surface area (Å²) in [5, 5.41) is 0. The molecule has 1 unspecified atom stereocenters. The van der Waals surface area contributed by atoms with Gasteiger partial charge in [0.1, 0.15) is 5.54 Å². The van der Waals surface area contributed by atoms with Crippen molar-refractivity contribution in [3.63, 3.8) is 0 Å². The highest BCUT2D eigenvalue weighted by atomic mass is 16.5. The van der Waals surface area contributed by atoms with Crippen LogP contribution in [0, 0.1) is 5.92 Å². The van der Waals surface area contributed by atoms with Crippen molar-refractivity contribution >= 4 is 5.91 Å². The molecule has 1 rings (SSSR count). The zero-order chi connectivity index (χ0) is 13.6. The molecule has 0 fully saturated rings. The zero-order valence-electron chi connectivity index (χ0n) is 11.1. The summed E-state index contributed by atoms with van der Waals surface area (Å²) in [6, 6.07) is 9.10. The monoisotopic (exact) mass is 250 g/mol. The largest absolute Gasteiger partial charge is 0.379 e. The molecule has 18 heavy (non-hydrogen) atoms. The van der Waals surface area contributed by atoms with Gasteiger partial charge in [0.2, 0.25) is 5.91 Å². The van der Waals surface area contributed by atoms with Gasteiger partial charge in [0.15, 0.2) is 0 Å². The minimum atomic E-state index is -1.25. The number of primary amides is 1. The van der Waals surface area contributed by atoms with Gasteiger partial charge in [0.05, 0.1) is 6.61 Å². The quantitative estimate of drug-likeness (QED) is 0.718. The predicted octanol–water partition coefficient (Wildman–Crippen LogP) is 1.39. The molecule has 100 valence electrons. The molecule has 1 amide bonds. The second-order valence-electron chi connectivity index (χ2n) is 4.94. The SMILES string of the molecule is CC(C)CCOCC(N)(C(N)=O)c1ccccc1. The molecule has 0 bridgehead atoms. The van der Waals surface area contributed by atoms with Gasteiger partial charge in [-0.15, -0.1) is 0 Å². The van der Waals surface area contributed by atoms with Crippen LogP contribution in [-0.2, 0) is 15.1 Å². The number of benzene rings is 1. The maximum atomic E-state index is 11.6. The third-order valence-corrected chi connectivity index (χ3v) is 2.90. The van der Waals surface area contributed by atoms with Crippen LogP contribution in [0.1, 0.15) is 25.8 Å². The van der Waals surface area contributed by atoms with Crippen molar-refractivity contribution in [3.05, 3.63) is 35.9 Å². The van der Waals surface area contributed by atoms with Gasteiger partial charge in [-0.3, -0.25) is 4.79 Å². The molecule has 0 aliphatic rings. The van der Waals surface area contributed by atoms with Crippen LogP contribution in [0.25, 0.3) is 0 Å². The number of carbonyl (C=O) groups excluding carboxylic acids is 1. The number of ether oxygens (including phenoxy) is 1. The topological polar surface area (TPSA) is 78.3 Å². The molecule has 4 nitrogen and oxygen atoms in total. The number of amides is 1. The standard InChI is InChI=1S/C14H22N2O2/c1-11(2)8-9-18-10-14(16,13(15)17)12-6-4-3-5-7-12/h3-7,11H,8-10,16H2,1-2H3,(H2,15,17). The molecule has 1 atom stereocenters. The van der Waals surface area contributed by atoms with Crippen LogP contribution in [0.4, 0.5) is 0 Å². The molecule has 4 N–H and O–H groups in total. The molecular weight excluding hydrogens is 228 g/mol.